The fourth-order valence-electron chi connectivity index (χ4n) is 3.80. The van der Waals surface area contributed by atoms with E-state index in [2.05, 4.69) is 17.1 Å². The Morgan fingerprint density at radius 3 is 2.69 bits per heavy atom. The Morgan fingerprint density at radius 2 is 2.00 bits per heavy atom. The van der Waals surface area contributed by atoms with Gasteiger partial charge in [0.1, 0.15) is 5.69 Å². The lowest BCUT2D eigenvalue weighted by molar-refractivity contribution is -0.384. The van der Waals surface area contributed by atoms with E-state index in [-0.39, 0.29) is 11.6 Å². The maximum atomic E-state index is 12.9. The van der Waals surface area contributed by atoms with Gasteiger partial charge < -0.3 is 14.8 Å². The van der Waals surface area contributed by atoms with Crippen LogP contribution in [0.5, 0.6) is 0 Å². The molecule has 29 heavy (non-hydrogen) atoms. The third kappa shape index (κ3) is 3.47. The predicted octanol–water partition coefficient (Wildman–Crippen LogP) is 4.07. The number of H-pyrrole nitrogens is 1. The Labute approximate surface area is 168 Å². The standard InChI is InChI=1S/C22H22N4O3/c1-24(2)20-8-7-16(13-21(20)26(28)29)22(27)25-11-9-15(10-12-25)18-14-23-19-6-4-3-5-17(18)19/h3-9,13-14,23H,10-12H2,1-2H3. The summed E-state index contributed by atoms with van der Waals surface area (Å²) >= 11 is 0. The van der Waals surface area contributed by atoms with Crippen LogP contribution in [0.2, 0.25) is 0 Å². The number of para-hydroxylation sites is 1. The summed E-state index contributed by atoms with van der Waals surface area (Å²) in [6.45, 7) is 1.06. The highest BCUT2D eigenvalue weighted by atomic mass is 16.6. The van der Waals surface area contributed by atoms with Gasteiger partial charge in [0.2, 0.25) is 0 Å². The van der Waals surface area contributed by atoms with Crippen LogP contribution in [0.25, 0.3) is 16.5 Å². The molecule has 7 nitrogen and oxygen atoms in total. The molecule has 0 fully saturated rings. The summed E-state index contributed by atoms with van der Waals surface area (Å²) in [6.07, 6.45) is 4.82. The van der Waals surface area contributed by atoms with Gasteiger partial charge in [-0.2, -0.15) is 0 Å². The SMILES string of the molecule is CN(C)c1ccc(C(=O)N2CC=C(c3c[nH]c4ccccc34)CC2)cc1[N+](=O)[O-]. The Bertz CT molecular complexity index is 1130. The molecule has 0 saturated heterocycles. The number of hydrogen-bond donors (Lipinski definition) is 1. The molecule has 0 spiro atoms. The number of fused-ring (bicyclic) bond motifs is 1. The first-order valence-corrected chi connectivity index (χ1v) is 9.46. The largest absolute Gasteiger partial charge is 0.372 e. The van der Waals surface area contributed by atoms with Gasteiger partial charge in [-0.3, -0.25) is 14.9 Å². The maximum Gasteiger partial charge on any atom is 0.293 e. The summed E-state index contributed by atoms with van der Waals surface area (Å²) in [4.78, 5) is 30.6. The molecule has 3 aromatic rings. The predicted molar refractivity (Wildman–Crippen MR) is 114 cm³/mol. The number of benzene rings is 2. The number of amides is 1. The summed E-state index contributed by atoms with van der Waals surface area (Å²) in [5.74, 6) is -0.187. The molecule has 1 aliphatic heterocycles. The third-order valence-electron chi connectivity index (χ3n) is 5.33. The van der Waals surface area contributed by atoms with Gasteiger partial charge in [0.15, 0.2) is 0 Å². The monoisotopic (exact) mass is 390 g/mol. The molecule has 0 aliphatic carbocycles. The zero-order valence-corrected chi connectivity index (χ0v) is 16.4. The summed E-state index contributed by atoms with van der Waals surface area (Å²) in [6, 6.07) is 12.8. The third-order valence-corrected chi connectivity index (χ3v) is 5.33. The van der Waals surface area contributed by atoms with Gasteiger partial charge in [-0.1, -0.05) is 24.3 Å². The first kappa shape index (κ1) is 18.7. The van der Waals surface area contributed by atoms with Crippen molar-refractivity contribution < 1.29 is 9.72 Å². The summed E-state index contributed by atoms with van der Waals surface area (Å²) in [5.41, 5.74) is 4.22. The average molecular weight is 390 g/mol. The number of nitrogens with one attached hydrogen (secondary N) is 1. The minimum Gasteiger partial charge on any atom is -0.372 e. The summed E-state index contributed by atoms with van der Waals surface area (Å²) in [7, 11) is 3.48. The molecule has 0 saturated carbocycles. The molecule has 4 rings (SSSR count). The van der Waals surface area contributed by atoms with Crippen LogP contribution in [0.4, 0.5) is 11.4 Å². The second-order valence-electron chi connectivity index (χ2n) is 7.33. The van der Waals surface area contributed by atoms with E-state index in [1.807, 2.05) is 24.4 Å². The average Bonchev–Trinajstić information content (AvgIpc) is 3.17. The number of aromatic nitrogens is 1. The number of rotatable bonds is 4. The molecule has 2 heterocycles. The van der Waals surface area contributed by atoms with E-state index in [9.17, 15) is 14.9 Å². The van der Waals surface area contributed by atoms with Gasteiger partial charge in [-0.25, -0.2) is 0 Å². The van der Waals surface area contributed by atoms with Crippen molar-refractivity contribution >= 4 is 33.8 Å². The highest BCUT2D eigenvalue weighted by Gasteiger charge is 2.24. The van der Waals surface area contributed by atoms with Gasteiger partial charge in [0, 0.05) is 61.5 Å². The number of carbonyl (C=O) groups excluding carboxylic acids is 1. The van der Waals surface area contributed by atoms with Crippen LogP contribution in [-0.4, -0.2) is 47.9 Å². The van der Waals surface area contributed by atoms with E-state index in [0.717, 1.165) is 11.9 Å². The molecule has 1 aromatic heterocycles. The Balaban J connectivity index is 1.56. The van der Waals surface area contributed by atoms with Crippen molar-refractivity contribution in [1.82, 2.24) is 9.88 Å². The van der Waals surface area contributed by atoms with E-state index < -0.39 is 4.92 Å². The van der Waals surface area contributed by atoms with Gasteiger partial charge >= 0.3 is 0 Å². The Morgan fingerprint density at radius 1 is 1.21 bits per heavy atom. The van der Waals surface area contributed by atoms with Crippen molar-refractivity contribution in [1.29, 1.82) is 0 Å². The van der Waals surface area contributed by atoms with Gasteiger partial charge in [0.05, 0.1) is 4.92 Å². The van der Waals surface area contributed by atoms with Crippen molar-refractivity contribution in [3.63, 3.8) is 0 Å². The fraction of sp³-hybridized carbons (Fsp3) is 0.227. The van der Waals surface area contributed by atoms with Crippen LogP contribution in [0, 0.1) is 10.1 Å². The molecule has 0 radical (unpaired) electrons. The maximum absolute atomic E-state index is 12.9. The van der Waals surface area contributed by atoms with Crippen LogP contribution >= 0.6 is 0 Å². The van der Waals surface area contributed by atoms with Crippen molar-refractivity contribution in [3.8, 4) is 0 Å². The van der Waals surface area contributed by atoms with Crippen LogP contribution < -0.4 is 4.90 Å². The fourth-order valence-corrected chi connectivity index (χ4v) is 3.80. The topological polar surface area (TPSA) is 82.5 Å². The number of nitro groups is 1. The van der Waals surface area contributed by atoms with Crippen LogP contribution in [-0.2, 0) is 0 Å². The number of hydrogen-bond acceptors (Lipinski definition) is 4. The van der Waals surface area contributed by atoms with E-state index in [4.69, 9.17) is 0 Å². The number of nitro benzene ring substituents is 1. The van der Waals surface area contributed by atoms with Crippen LogP contribution in [0.3, 0.4) is 0 Å². The molecule has 1 N–H and O–H groups in total. The smallest absolute Gasteiger partial charge is 0.293 e. The second kappa shape index (κ2) is 7.43. The molecule has 1 amide bonds. The lowest BCUT2D eigenvalue weighted by Crippen LogP contribution is -2.34. The lowest BCUT2D eigenvalue weighted by atomic mass is 9.98. The first-order chi connectivity index (χ1) is 14.0. The normalized spacial score (nSPS) is 14.0. The van der Waals surface area contributed by atoms with Crippen LogP contribution in [0.1, 0.15) is 22.3 Å². The van der Waals surface area contributed by atoms with Gasteiger partial charge in [0.25, 0.3) is 11.6 Å². The summed E-state index contributed by atoms with van der Waals surface area (Å²) in [5, 5.41) is 12.6. The molecule has 7 heteroatoms. The van der Waals surface area contributed by atoms with Crippen molar-refractivity contribution in [2.24, 2.45) is 0 Å². The van der Waals surface area contributed by atoms with E-state index in [1.54, 1.807) is 36.0 Å². The van der Waals surface area contributed by atoms with Gasteiger partial charge in [-0.15, -0.1) is 0 Å². The first-order valence-electron chi connectivity index (χ1n) is 9.46. The van der Waals surface area contributed by atoms with E-state index in [1.165, 1.54) is 22.6 Å². The molecule has 1 aliphatic rings. The van der Waals surface area contributed by atoms with E-state index in [0.29, 0.717) is 24.3 Å². The molecular formula is C22H22N4O3. The van der Waals surface area contributed by atoms with Crippen molar-refractivity contribution in [3.05, 3.63) is 76.0 Å². The molecule has 148 valence electrons. The van der Waals surface area contributed by atoms with Crippen LogP contribution in [0.15, 0.2) is 54.7 Å². The molecule has 0 unspecified atom stereocenters. The molecule has 0 atom stereocenters. The second-order valence-corrected chi connectivity index (χ2v) is 7.33. The van der Waals surface area contributed by atoms with Crippen molar-refractivity contribution in [2.45, 2.75) is 6.42 Å². The minimum absolute atomic E-state index is 0.0621. The number of carbonyl (C=O) groups is 1. The summed E-state index contributed by atoms with van der Waals surface area (Å²) < 4.78 is 0. The minimum atomic E-state index is -0.447. The van der Waals surface area contributed by atoms with Crippen molar-refractivity contribution in [2.75, 3.05) is 32.1 Å². The molecule has 0 bridgehead atoms. The van der Waals surface area contributed by atoms with E-state index >= 15 is 0 Å². The molecule has 2 aromatic carbocycles. The Hall–Kier alpha value is -3.61. The highest BCUT2D eigenvalue weighted by Crippen LogP contribution is 2.31. The number of anilines is 1. The number of nitrogens with zero attached hydrogens (tertiary/aromatic N) is 3. The quantitative estimate of drug-likeness (QED) is 0.538. The number of aromatic amines is 1. The van der Waals surface area contributed by atoms with Gasteiger partial charge in [-0.05, 0) is 30.2 Å². The zero-order valence-electron chi connectivity index (χ0n) is 16.4. The zero-order chi connectivity index (χ0) is 20.5. The molecular weight excluding hydrogens is 368 g/mol. The Kier molecular flexibility index (Phi) is 4.80. The lowest BCUT2D eigenvalue weighted by Gasteiger charge is -2.27. The highest BCUT2D eigenvalue weighted by molar-refractivity contribution is 5.97.